The minimum Gasteiger partial charge on any atom is -0.341 e. The van der Waals surface area contributed by atoms with Crippen molar-refractivity contribution in [3.63, 3.8) is 0 Å². The molecular formula is C30H30N4O2. The summed E-state index contributed by atoms with van der Waals surface area (Å²) >= 11 is 0. The number of carbonyl (C=O) groups is 2. The average Bonchev–Trinajstić information content (AvgIpc) is 2.89. The van der Waals surface area contributed by atoms with Crippen LogP contribution in [0.3, 0.4) is 0 Å². The highest BCUT2D eigenvalue weighted by Crippen LogP contribution is 2.18. The molecule has 0 bridgehead atoms. The summed E-state index contributed by atoms with van der Waals surface area (Å²) < 4.78 is 0. The van der Waals surface area contributed by atoms with Crippen LogP contribution in [0.25, 0.3) is 0 Å². The van der Waals surface area contributed by atoms with Crippen molar-refractivity contribution in [2.75, 3.05) is 23.0 Å². The Labute approximate surface area is 211 Å². The van der Waals surface area contributed by atoms with E-state index in [-0.39, 0.29) is 12.1 Å². The van der Waals surface area contributed by atoms with Crippen molar-refractivity contribution in [3.05, 3.63) is 125 Å². The summed E-state index contributed by atoms with van der Waals surface area (Å²) in [6.45, 7) is 2.08. The molecule has 0 saturated heterocycles. The number of amides is 4. The van der Waals surface area contributed by atoms with Gasteiger partial charge in [-0.3, -0.25) is 0 Å². The molecule has 0 spiro atoms. The molecule has 0 aliphatic rings. The van der Waals surface area contributed by atoms with Crippen molar-refractivity contribution < 1.29 is 9.59 Å². The van der Waals surface area contributed by atoms with Crippen LogP contribution in [0.5, 0.6) is 0 Å². The van der Waals surface area contributed by atoms with Gasteiger partial charge in [0.1, 0.15) is 0 Å². The quantitative estimate of drug-likeness (QED) is 0.242. The molecule has 0 aliphatic carbocycles. The lowest BCUT2D eigenvalue weighted by atomic mass is 10.0. The SMILES string of the molecule is CNC(=O)Nc1ccc(Cc2ccc(NC(=O)Nc3ccc(Cc4ccc(C)cc4)cc3)cc2)cc1. The number of benzene rings is 4. The van der Waals surface area contributed by atoms with Crippen molar-refractivity contribution >= 4 is 29.1 Å². The van der Waals surface area contributed by atoms with Gasteiger partial charge in [-0.25, -0.2) is 9.59 Å². The van der Waals surface area contributed by atoms with E-state index in [9.17, 15) is 9.59 Å². The maximum Gasteiger partial charge on any atom is 0.323 e. The van der Waals surface area contributed by atoms with Crippen LogP contribution in [0.15, 0.2) is 97.1 Å². The number of rotatable bonds is 7. The molecule has 4 rings (SSSR count). The number of hydrogen-bond donors (Lipinski definition) is 4. The summed E-state index contributed by atoms with van der Waals surface area (Å²) in [6, 6.07) is 31.4. The van der Waals surface area contributed by atoms with Crippen molar-refractivity contribution in [2.24, 2.45) is 0 Å². The maximum atomic E-state index is 12.4. The van der Waals surface area contributed by atoms with Crippen LogP contribution in [0.4, 0.5) is 26.7 Å². The van der Waals surface area contributed by atoms with Crippen molar-refractivity contribution in [3.8, 4) is 0 Å². The van der Waals surface area contributed by atoms with E-state index in [1.54, 1.807) is 7.05 Å². The zero-order valence-electron chi connectivity index (χ0n) is 20.5. The summed E-state index contributed by atoms with van der Waals surface area (Å²) in [5, 5.41) is 11.0. The molecule has 0 atom stereocenters. The Bertz CT molecular complexity index is 1300. The summed E-state index contributed by atoms with van der Waals surface area (Å²) in [5.74, 6) is 0. The molecule has 0 heterocycles. The number of aryl methyl sites for hydroxylation is 1. The van der Waals surface area contributed by atoms with Crippen LogP contribution in [-0.4, -0.2) is 19.1 Å². The molecule has 0 aliphatic heterocycles. The Morgan fingerprint density at radius 2 is 0.806 bits per heavy atom. The number of carbonyl (C=O) groups excluding carboxylic acids is 2. The van der Waals surface area contributed by atoms with Crippen LogP contribution >= 0.6 is 0 Å². The van der Waals surface area contributed by atoms with Gasteiger partial charge in [-0.05, 0) is 78.4 Å². The average molecular weight is 479 g/mol. The Hall–Kier alpha value is -4.58. The Kier molecular flexibility index (Phi) is 7.98. The predicted molar refractivity (Wildman–Crippen MR) is 147 cm³/mol. The minimum absolute atomic E-state index is 0.245. The first-order valence-corrected chi connectivity index (χ1v) is 11.9. The lowest BCUT2D eigenvalue weighted by Gasteiger charge is -2.10. The van der Waals surface area contributed by atoms with Crippen molar-refractivity contribution in [2.45, 2.75) is 19.8 Å². The van der Waals surface area contributed by atoms with Gasteiger partial charge in [-0.1, -0.05) is 66.2 Å². The fourth-order valence-electron chi connectivity index (χ4n) is 3.78. The standard InChI is InChI=1S/C30H30N4O2/c1-21-3-5-22(6-4-21)19-23-9-15-27(16-10-23)33-30(36)34-28-17-11-25(12-18-28)20-24-7-13-26(14-8-24)32-29(35)31-2/h3-18H,19-20H2,1-2H3,(H2,31,32,35)(H2,33,34,36). The summed E-state index contributed by atoms with van der Waals surface area (Å²) in [4.78, 5) is 23.8. The number of nitrogens with one attached hydrogen (secondary N) is 4. The van der Waals surface area contributed by atoms with Crippen molar-refractivity contribution in [1.29, 1.82) is 0 Å². The monoisotopic (exact) mass is 478 g/mol. The van der Waals surface area contributed by atoms with Gasteiger partial charge >= 0.3 is 12.1 Å². The molecule has 4 aromatic rings. The highest BCUT2D eigenvalue weighted by molar-refractivity contribution is 5.99. The summed E-state index contributed by atoms with van der Waals surface area (Å²) in [7, 11) is 1.58. The fourth-order valence-corrected chi connectivity index (χ4v) is 3.78. The molecule has 6 heteroatoms. The van der Waals surface area contributed by atoms with E-state index in [2.05, 4.69) is 52.5 Å². The van der Waals surface area contributed by atoms with Crippen LogP contribution in [0.1, 0.15) is 27.8 Å². The molecule has 0 saturated carbocycles. The van der Waals surface area contributed by atoms with Gasteiger partial charge in [0.25, 0.3) is 0 Å². The smallest absolute Gasteiger partial charge is 0.323 e. The number of urea groups is 2. The molecule has 182 valence electrons. The normalized spacial score (nSPS) is 10.4. The first kappa shape index (κ1) is 24.5. The van der Waals surface area contributed by atoms with Gasteiger partial charge in [0.15, 0.2) is 0 Å². The van der Waals surface area contributed by atoms with Gasteiger partial charge in [0, 0.05) is 24.1 Å². The molecular weight excluding hydrogens is 448 g/mol. The fraction of sp³-hybridized carbons (Fsp3) is 0.133. The third kappa shape index (κ3) is 7.21. The van der Waals surface area contributed by atoms with E-state index in [1.165, 1.54) is 16.7 Å². The first-order valence-electron chi connectivity index (χ1n) is 11.9. The topological polar surface area (TPSA) is 82.3 Å². The first-order chi connectivity index (χ1) is 17.5. The molecule has 0 radical (unpaired) electrons. The van der Waals surface area contributed by atoms with Crippen LogP contribution in [0.2, 0.25) is 0 Å². The zero-order chi connectivity index (χ0) is 25.3. The van der Waals surface area contributed by atoms with E-state index in [0.717, 1.165) is 41.0 Å². The molecule has 0 aromatic heterocycles. The Balaban J connectivity index is 1.26. The summed E-state index contributed by atoms with van der Waals surface area (Å²) in [5.41, 5.74) is 8.16. The van der Waals surface area contributed by atoms with Gasteiger partial charge < -0.3 is 21.3 Å². The van der Waals surface area contributed by atoms with E-state index in [0.29, 0.717) is 0 Å². The number of anilines is 3. The second kappa shape index (κ2) is 11.7. The second-order valence-corrected chi connectivity index (χ2v) is 8.71. The van der Waals surface area contributed by atoms with Gasteiger partial charge in [0.05, 0.1) is 0 Å². The molecule has 4 aromatic carbocycles. The third-order valence-electron chi connectivity index (χ3n) is 5.80. The third-order valence-corrected chi connectivity index (χ3v) is 5.80. The van der Waals surface area contributed by atoms with E-state index >= 15 is 0 Å². The maximum absolute atomic E-state index is 12.4. The van der Waals surface area contributed by atoms with Gasteiger partial charge in [-0.2, -0.15) is 0 Å². The Morgan fingerprint density at radius 3 is 1.14 bits per heavy atom. The van der Waals surface area contributed by atoms with E-state index in [4.69, 9.17) is 0 Å². The minimum atomic E-state index is -0.284. The molecule has 6 nitrogen and oxygen atoms in total. The molecule has 4 amide bonds. The second-order valence-electron chi connectivity index (χ2n) is 8.71. The zero-order valence-corrected chi connectivity index (χ0v) is 20.5. The predicted octanol–water partition coefficient (Wildman–Crippen LogP) is 6.57. The lowest BCUT2D eigenvalue weighted by Crippen LogP contribution is -2.24. The van der Waals surface area contributed by atoms with Crippen LogP contribution < -0.4 is 21.3 Å². The van der Waals surface area contributed by atoms with E-state index in [1.807, 2.05) is 72.8 Å². The van der Waals surface area contributed by atoms with Crippen LogP contribution in [-0.2, 0) is 12.8 Å². The molecule has 0 unspecified atom stereocenters. The summed E-state index contributed by atoms with van der Waals surface area (Å²) in [6.07, 6.45) is 1.61. The van der Waals surface area contributed by atoms with Crippen LogP contribution in [0, 0.1) is 6.92 Å². The molecule has 36 heavy (non-hydrogen) atoms. The molecule has 4 N–H and O–H groups in total. The highest BCUT2D eigenvalue weighted by atomic mass is 16.2. The van der Waals surface area contributed by atoms with Gasteiger partial charge in [0.2, 0.25) is 0 Å². The highest BCUT2D eigenvalue weighted by Gasteiger charge is 2.05. The van der Waals surface area contributed by atoms with E-state index < -0.39 is 0 Å². The lowest BCUT2D eigenvalue weighted by molar-refractivity contribution is 0.254. The van der Waals surface area contributed by atoms with Gasteiger partial charge in [-0.15, -0.1) is 0 Å². The largest absolute Gasteiger partial charge is 0.341 e. The Morgan fingerprint density at radius 1 is 0.500 bits per heavy atom. The molecule has 0 fully saturated rings. The number of hydrogen-bond acceptors (Lipinski definition) is 2. The van der Waals surface area contributed by atoms with Crippen molar-refractivity contribution in [1.82, 2.24) is 5.32 Å².